The van der Waals surface area contributed by atoms with Crippen molar-refractivity contribution in [2.75, 3.05) is 11.9 Å². The summed E-state index contributed by atoms with van der Waals surface area (Å²) in [6.45, 7) is 1.99. The Morgan fingerprint density at radius 1 is 1.28 bits per heavy atom. The number of nitrogens with one attached hydrogen (secondary N) is 3. The van der Waals surface area contributed by atoms with Crippen LogP contribution < -0.4 is 21.5 Å². The van der Waals surface area contributed by atoms with E-state index in [1.165, 1.54) is 19.2 Å². The molecule has 1 aromatic heterocycles. The molecule has 0 radical (unpaired) electrons. The maximum absolute atomic E-state index is 13.6. The number of halogens is 3. The van der Waals surface area contributed by atoms with E-state index in [2.05, 4.69) is 10.6 Å². The number of rotatable bonds is 10. The van der Waals surface area contributed by atoms with Crippen molar-refractivity contribution in [1.82, 2.24) is 15.2 Å². The predicted octanol–water partition coefficient (Wildman–Crippen LogP) is 2.01. The van der Waals surface area contributed by atoms with Crippen molar-refractivity contribution < 1.29 is 22.8 Å². The van der Waals surface area contributed by atoms with Crippen molar-refractivity contribution in [3.63, 3.8) is 0 Å². The molecule has 32 heavy (non-hydrogen) atoms. The summed E-state index contributed by atoms with van der Waals surface area (Å²) in [4.78, 5) is 37.8. The van der Waals surface area contributed by atoms with Gasteiger partial charge in [-0.2, -0.15) is 5.26 Å². The quantitative estimate of drug-likeness (QED) is 0.469. The van der Waals surface area contributed by atoms with Crippen molar-refractivity contribution in [1.29, 1.82) is 5.26 Å². The van der Waals surface area contributed by atoms with Gasteiger partial charge in [-0.05, 0) is 43.7 Å². The number of aromatic nitrogens is 1. The second kappa shape index (κ2) is 10.1. The number of hydrogen-bond acceptors (Lipinski definition) is 5. The summed E-state index contributed by atoms with van der Waals surface area (Å²) in [6, 6.07) is 1.51. The lowest BCUT2D eigenvalue weighted by Crippen LogP contribution is -2.43. The molecular weight excluding hydrogens is 427 g/mol. The first-order valence-corrected chi connectivity index (χ1v) is 10.6. The Balaban J connectivity index is 1.82. The van der Waals surface area contributed by atoms with Gasteiger partial charge in [0.05, 0.1) is 6.07 Å². The SMILES string of the molecule is Cc1ccn([C@H](CC2CC2)C(=O)N[C@H](C#N)C[C@@H]2CCNC2=O)c(=O)c1NC(F)C(F)F. The van der Waals surface area contributed by atoms with Crippen LogP contribution in [-0.4, -0.2) is 41.7 Å². The lowest BCUT2D eigenvalue weighted by molar-refractivity contribution is -0.126. The van der Waals surface area contributed by atoms with Gasteiger partial charge in [0, 0.05) is 18.7 Å². The smallest absolute Gasteiger partial charge is 0.287 e. The van der Waals surface area contributed by atoms with E-state index in [0.717, 1.165) is 17.4 Å². The zero-order chi connectivity index (χ0) is 23.4. The molecule has 1 unspecified atom stereocenters. The molecule has 2 heterocycles. The minimum Gasteiger partial charge on any atom is -0.356 e. The first kappa shape index (κ1) is 23.6. The fourth-order valence-electron chi connectivity index (χ4n) is 3.85. The molecule has 1 aromatic rings. The Kier molecular flexibility index (Phi) is 7.43. The van der Waals surface area contributed by atoms with Gasteiger partial charge in [-0.25, -0.2) is 13.2 Å². The van der Waals surface area contributed by atoms with Gasteiger partial charge < -0.3 is 20.5 Å². The highest BCUT2D eigenvalue weighted by molar-refractivity contribution is 5.82. The van der Waals surface area contributed by atoms with Crippen molar-refractivity contribution in [3.05, 3.63) is 28.2 Å². The van der Waals surface area contributed by atoms with E-state index in [1.807, 2.05) is 11.4 Å². The van der Waals surface area contributed by atoms with Crippen molar-refractivity contribution >= 4 is 17.5 Å². The normalized spacial score (nSPS) is 20.9. The molecule has 3 N–H and O–H groups in total. The Morgan fingerprint density at radius 3 is 2.56 bits per heavy atom. The van der Waals surface area contributed by atoms with Crippen LogP contribution in [0.3, 0.4) is 0 Å². The zero-order valence-corrected chi connectivity index (χ0v) is 17.6. The topological polar surface area (TPSA) is 116 Å². The van der Waals surface area contributed by atoms with Crippen LogP contribution in [0.4, 0.5) is 18.9 Å². The molecule has 3 rings (SSSR count). The van der Waals surface area contributed by atoms with Crippen LogP contribution in [0.5, 0.6) is 0 Å². The maximum atomic E-state index is 13.6. The molecule has 4 atom stereocenters. The molecule has 1 saturated heterocycles. The Hall–Kier alpha value is -3.03. The van der Waals surface area contributed by atoms with Gasteiger partial charge in [0.1, 0.15) is 17.8 Å². The average molecular weight is 453 g/mol. The molecule has 0 spiro atoms. The highest BCUT2D eigenvalue weighted by Crippen LogP contribution is 2.37. The molecular formula is C21H26F3N5O3. The van der Waals surface area contributed by atoms with Gasteiger partial charge in [-0.1, -0.05) is 12.8 Å². The van der Waals surface area contributed by atoms with Gasteiger partial charge in [-0.15, -0.1) is 0 Å². The molecule has 0 bridgehead atoms. The molecule has 2 fully saturated rings. The third-order valence-corrected chi connectivity index (χ3v) is 5.88. The highest BCUT2D eigenvalue weighted by Gasteiger charge is 2.34. The van der Waals surface area contributed by atoms with Gasteiger partial charge in [-0.3, -0.25) is 14.4 Å². The van der Waals surface area contributed by atoms with Crippen molar-refractivity contribution in [3.8, 4) is 6.07 Å². The summed E-state index contributed by atoms with van der Waals surface area (Å²) in [5.41, 5.74) is -0.867. The largest absolute Gasteiger partial charge is 0.356 e. The van der Waals surface area contributed by atoms with Crippen LogP contribution in [0.2, 0.25) is 0 Å². The number of hydrogen-bond donors (Lipinski definition) is 3. The van der Waals surface area contributed by atoms with Crippen LogP contribution in [0, 0.1) is 30.1 Å². The third-order valence-electron chi connectivity index (χ3n) is 5.88. The number of amides is 2. The third kappa shape index (κ3) is 5.60. The van der Waals surface area contributed by atoms with E-state index in [1.54, 1.807) is 0 Å². The standard InChI is InChI=1S/C21H26F3N5O3/c1-11-5-7-29(21(32)16(11)28-18(24)17(22)23)15(8-12-2-3-12)20(31)27-14(10-25)9-13-4-6-26-19(13)30/h5,7,12-15,17-18,28H,2-4,6,8-9H2,1H3,(H,26,30)(H,27,31)/t13-,14-,15+,18?/m0/s1. The Morgan fingerprint density at radius 2 is 2.00 bits per heavy atom. The van der Waals surface area contributed by atoms with Crippen LogP contribution in [0.15, 0.2) is 17.1 Å². The number of aryl methyl sites for hydroxylation is 1. The monoisotopic (exact) mass is 453 g/mol. The summed E-state index contributed by atoms with van der Waals surface area (Å²) < 4.78 is 40.0. The van der Waals surface area contributed by atoms with Crippen molar-refractivity contribution in [2.24, 2.45) is 11.8 Å². The number of carbonyl (C=O) groups is 2. The fraction of sp³-hybridized carbons (Fsp3) is 0.619. The second-order valence-electron chi connectivity index (χ2n) is 8.36. The van der Waals surface area contributed by atoms with Crippen LogP contribution in [0.1, 0.15) is 43.7 Å². The molecule has 2 amide bonds. The van der Waals surface area contributed by atoms with E-state index < -0.39 is 36.3 Å². The first-order chi connectivity index (χ1) is 15.2. The Bertz CT molecular complexity index is 957. The zero-order valence-electron chi connectivity index (χ0n) is 17.6. The summed E-state index contributed by atoms with van der Waals surface area (Å²) in [5.74, 6) is -0.911. The number of nitrogens with zero attached hydrogens (tertiary/aromatic N) is 2. The highest BCUT2D eigenvalue weighted by atomic mass is 19.3. The molecule has 1 aliphatic heterocycles. The van der Waals surface area contributed by atoms with E-state index in [-0.39, 0.29) is 35.4 Å². The molecule has 1 saturated carbocycles. The van der Waals surface area contributed by atoms with Gasteiger partial charge in [0.2, 0.25) is 18.1 Å². The fourth-order valence-corrected chi connectivity index (χ4v) is 3.85. The molecule has 2 aliphatic rings. The van der Waals surface area contributed by atoms with E-state index in [4.69, 9.17) is 0 Å². The van der Waals surface area contributed by atoms with Crippen LogP contribution in [-0.2, 0) is 9.59 Å². The number of pyridine rings is 1. The maximum Gasteiger partial charge on any atom is 0.287 e. The average Bonchev–Trinajstić information content (AvgIpc) is 3.49. The minimum absolute atomic E-state index is 0.151. The number of anilines is 1. The number of nitriles is 1. The van der Waals surface area contributed by atoms with E-state index in [9.17, 15) is 32.8 Å². The van der Waals surface area contributed by atoms with Crippen LogP contribution >= 0.6 is 0 Å². The molecule has 1 aliphatic carbocycles. The van der Waals surface area contributed by atoms with Gasteiger partial charge in [0.15, 0.2) is 0 Å². The molecule has 11 heteroatoms. The summed E-state index contributed by atoms with van der Waals surface area (Å²) in [5, 5.41) is 16.7. The number of carbonyl (C=O) groups excluding carboxylic acids is 2. The summed E-state index contributed by atoms with van der Waals surface area (Å²) in [6.07, 6.45) is -1.86. The molecule has 0 aromatic carbocycles. The minimum atomic E-state index is -3.32. The Labute approximate surface area is 183 Å². The van der Waals surface area contributed by atoms with E-state index in [0.29, 0.717) is 19.4 Å². The molecule has 174 valence electrons. The lowest BCUT2D eigenvalue weighted by Gasteiger charge is -2.23. The van der Waals surface area contributed by atoms with Crippen LogP contribution in [0.25, 0.3) is 0 Å². The first-order valence-electron chi connectivity index (χ1n) is 10.6. The lowest BCUT2D eigenvalue weighted by atomic mass is 9.98. The summed E-state index contributed by atoms with van der Waals surface area (Å²) >= 11 is 0. The number of alkyl halides is 3. The van der Waals surface area contributed by atoms with Gasteiger partial charge in [0.25, 0.3) is 12.0 Å². The van der Waals surface area contributed by atoms with E-state index >= 15 is 0 Å². The predicted molar refractivity (Wildman–Crippen MR) is 110 cm³/mol. The summed E-state index contributed by atoms with van der Waals surface area (Å²) in [7, 11) is 0. The molecule has 8 nitrogen and oxygen atoms in total. The second-order valence-corrected chi connectivity index (χ2v) is 8.36. The van der Waals surface area contributed by atoms with Gasteiger partial charge >= 0.3 is 0 Å². The van der Waals surface area contributed by atoms with Crippen molar-refractivity contribution in [2.45, 2.75) is 63.8 Å².